The fourth-order valence-electron chi connectivity index (χ4n) is 13.3. The minimum absolute atomic E-state index is 0.0208. The molecule has 16 rings (SSSR count). The van der Waals surface area contributed by atoms with E-state index in [1.807, 2.05) is 94.9 Å². The van der Waals surface area contributed by atoms with Crippen molar-refractivity contribution < 1.29 is 37.4 Å². The quantitative estimate of drug-likeness (QED) is 0.0295. The highest BCUT2D eigenvalue weighted by molar-refractivity contribution is 7.99. The van der Waals surface area contributed by atoms with Gasteiger partial charge < -0.3 is 78.6 Å². The van der Waals surface area contributed by atoms with Gasteiger partial charge in [-0.3, -0.25) is 9.59 Å². The van der Waals surface area contributed by atoms with Crippen LogP contribution in [0.2, 0.25) is 0 Å². The zero-order chi connectivity index (χ0) is 71.8. The van der Waals surface area contributed by atoms with E-state index in [2.05, 4.69) is 103 Å². The van der Waals surface area contributed by atoms with Crippen LogP contribution in [0.1, 0.15) is 41.8 Å². The van der Waals surface area contributed by atoms with Gasteiger partial charge in [-0.05, 0) is 164 Å². The highest BCUT2D eigenvalue weighted by atomic mass is 32.2. The predicted octanol–water partition coefficient (Wildman–Crippen LogP) is 11.5. The third-order valence-corrected chi connectivity index (χ3v) is 21.1. The summed E-state index contributed by atoms with van der Waals surface area (Å²) in [7, 11) is 4.28. The number of anilines is 4. The Morgan fingerprint density at radius 1 is 0.581 bits per heavy atom. The lowest BCUT2D eigenvalue weighted by Gasteiger charge is -2.34. The molecule has 0 saturated carbocycles. The number of aryl methyl sites for hydroxylation is 3. The number of rotatable bonds is 21. The van der Waals surface area contributed by atoms with Crippen LogP contribution in [0.3, 0.4) is 0 Å². The Morgan fingerprint density at radius 2 is 1.10 bits per heavy atom. The fraction of sp³-hybridized carbons (Fsp3) is 0.247. The van der Waals surface area contributed by atoms with Gasteiger partial charge in [0.25, 0.3) is 11.8 Å². The second kappa shape index (κ2) is 29.0. The maximum atomic E-state index is 13.8. The lowest BCUT2D eigenvalue weighted by atomic mass is 10.0. The van der Waals surface area contributed by atoms with E-state index in [1.165, 1.54) is 41.2 Å². The molecule has 1 unspecified atom stereocenters. The summed E-state index contributed by atoms with van der Waals surface area (Å²) in [6.07, 6.45) is 5.77. The summed E-state index contributed by atoms with van der Waals surface area (Å²) in [6.45, 7) is 10.8. The largest absolute Gasteiger partial charge is 0.464 e. The number of carbonyl (C=O) groups excluding carboxylic acids is 2. The number of amides is 2. The standard InChI is InChI=1S/C77H70N18O8S2/c1-45-8-17-59(101-45)57-37-60-61(100-44-99-60)39-64(57)104-77-87-67-69(81)88-70(89-72(67)95(77)21-6-19-83-74(97)53(42-79)34-47-10-12-51-36-55(16-14-49(51)32-47)93-28-24-91(3)25-29-93)75-102-62-38-56(58-7-4-30-98-58)65(40-63(62)103-75)105-76-86-66-68(80)84-43-85-71(66)94(76)20-5-18-82-73(96)52(41-78)33-46-9-11-50-35-54(15-13-48(50)31-46)92-26-22-90(2)23-27-92/h4,7-17,30-40,43,75H,5-6,18-29,44H2,1-3H3,(H,82,96)(H,83,97)(H2,80,84,85)(H2,81,88,89)/b52-33+,53-34+. The molecule has 6 aromatic carbocycles. The maximum Gasteiger partial charge on any atom is 0.302 e. The molecule has 105 heavy (non-hydrogen) atoms. The van der Waals surface area contributed by atoms with Gasteiger partial charge in [-0.2, -0.15) is 10.5 Å². The molecule has 2 amide bonds. The monoisotopic (exact) mass is 1440 g/mol. The second-order valence-corrected chi connectivity index (χ2v) is 28.1. The van der Waals surface area contributed by atoms with Crippen molar-refractivity contribution in [1.82, 2.24) is 59.5 Å². The van der Waals surface area contributed by atoms with Crippen LogP contribution >= 0.6 is 23.5 Å². The number of furan rings is 2. The van der Waals surface area contributed by atoms with Crippen molar-refractivity contribution >= 4 is 114 Å². The first-order chi connectivity index (χ1) is 51.2. The number of hydrogen-bond donors (Lipinski definition) is 4. The molecule has 28 heteroatoms. The van der Waals surface area contributed by atoms with Gasteiger partial charge >= 0.3 is 6.29 Å². The lowest BCUT2D eigenvalue weighted by molar-refractivity contribution is -0.117. The van der Waals surface area contributed by atoms with Gasteiger partial charge in [0.1, 0.15) is 46.9 Å². The van der Waals surface area contributed by atoms with Gasteiger partial charge in [-0.1, -0.05) is 59.9 Å². The van der Waals surface area contributed by atoms with Gasteiger partial charge in [0.2, 0.25) is 12.6 Å². The first-order valence-electron chi connectivity index (χ1n) is 34.4. The first kappa shape index (κ1) is 67.4. The van der Waals surface area contributed by atoms with Crippen molar-refractivity contribution in [2.75, 3.05) is 108 Å². The molecule has 2 saturated heterocycles. The molecule has 0 spiro atoms. The molecule has 4 aliphatic rings. The zero-order valence-electron chi connectivity index (χ0n) is 57.5. The van der Waals surface area contributed by atoms with Crippen LogP contribution in [0.15, 0.2) is 174 Å². The summed E-state index contributed by atoms with van der Waals surface area (Å²) in [5.74, 6) is 3.02. The predicted molar refractivity (Wildman–Crippen MR) is 401 cm³/mol. The SMILES string of the molecule is Cc1ccc(-c2cc3c(cc2Sc2nc4c(N)nc(C5Oc6cc(Sc7nc8c(N)ncnc8n7CCCNC(=O)/C(C#N)=C/c7ccc8cc(N9CCN(C)CC9)ccc8c7)c(-c7ccco7)cc6O5)nc4n2CCCNC(=O)/C(C#N)=C/c2ccc4cc(N5CCN(C)CC5)ccc4c2)OCO3)o1. The summed E-state index contributed by atoms with van der Waals surface area (Å²) in [4.78, 5) is 67.1. The Morgan fingerprint density at radius 3 is 1.67 bits per heavy atom. The molecule has 4 aliphatic heterocycles. The third-order valence-electron chi connectivity index (χ3n) is 19.0. The van der Waals surface area contributed by atoms with E-state index in [0.717, 1.165) is 101 Å². The summed E-state index contributed by atoms with van der Waals surface area (Å²) < 4.78 is 40.9. The van der Waals surface area contributed by atoms with Crippen LogP contribution in [-0.4, -0.2) is 147 Å². The van der Waals surface area contributed by atoms with E-state index in [9.17, 15) is 20.1 Å². The molecule has 10 heterocycles. The molecule has 26 nitrogen and oxygen atoms in total. The minimum Gasteiger partial charge on any atom is -0.464 e. The summed E-state index contributed by atoms with van der Waals surface area (Å²) in [6, 6.07) is 43.7. The van der Waals surface area contributed by atoms with Gasteiger partial charge in [0.05, 0.1) is 6.26 Å². The van der Waals surface area contributed by atoms with E-state index in [-0.39, 0.29) is 55.0 Å². The Balaban J connectivity index is 0.643. The molecule has 1 atom stereocenters. The zero-order valence-corrected chi connectivity index (χ0v) is 59.2. The van der Waals surface area contributed by atoms with Crippen LogP contribution in [0, 0.1) is 29.6 Å². The average Bonchev–Trinajstić information content (AvgIpc) is 1.61. The van der Waals surface area contributed by atoms with Crippen molar-refractivity contribution in [3.05, 3.63) is 168 Å². The number of carbonyl (C=O) groups is 2. The highest BCUT2D eigenvalue weighted by Crippen LogP contribution is 2.50. The number of hydrogen-bond acceptors (Lipinski definition) is 24. The van der Waals surface area contributed by atoms with Gasteiger partial charge in [-0.15, -0.1) is 0 Å². The number of piperazine rings is 2. The van der Waals surface area contributed by atoms with Crippen molar-refractivity contribution in [2.24, 2.45) is 0 Å². The molecule has 6 aromatic heterocycles. The van der Waals surface area contributed by atoms with Crippen molar-refractivity contribution in [1.29, 1.82) is 10.5 Å². The average molecular weight is 1440 g/mol. The van der Waals surface area contributed by atoms with E-state index in [0.29, 0.717) is 97.0 Å². The number of nitrogens with one attached hydrogen (secondary N) is 2. The molecule has 6 N–H and O–H groups in total. The van der Waals surface area contributed by atoms with Gasteiger partial charge in [0.15, 0.2) is 67.3 Å². The molecule has 2 fully saturated rings. The minimum atomic E-state index is -1.20. The Bertz CT molecular complexity index is 5550. The second-order valence-electron chi connectivity index (χ2n) is 26.0. The van der Waals surface area contributed by atoms with Crippen molar-refractivity contribution in [3.8, 4) is 57.8 Å². The Labute approximate surface area is 610 Å². The number of ether oxygens (including phenoxy) is 4. The summed E-state index contributed by atoms with van der Waals surface area (Å²) >= 11 is 2.65. The molecular weight excluding hydrogens is 1370 g/mol. The highest BCUT2D eigenvalue weighted by Gasteiger charge is 2.34. The Kier molecular flexibility index (Phi) is 18.6. The number of benzene rings is 6. The number of imidazole rings is 2. The van der Waals surface area contributed by atoms with Crippen LogP contribution in [0.25, 0.3) is 78.7 Å². The molecular formula is C77H70N18O8S2. The molecule has 0 aliphatic carbocycles. The van der Waals surface area contributed by atoms with Gasteiger partial charge in [-0.25, -0.2) is 29.9 Å². The van der Waals surface area contributed by atoms with Crippen molar-refractivity contribution in [2.45, 2.75) is 59.2 Å². The number of nitrogens with zero attached hydrogens (tertiary/aromatic N) is 14. The number of nitrogen functional groups attached to an aromatic ring is 2. The molecule has 0 radical (unpaired) electrons. The van der Waals surface area contributed by atoms with Gasteiger partial charge in [0, 0.05) is 111 Å². The lowest BCUT2D eigenvalue weighted by Crippen LogP contribution is -2.44. The smallest absolute Gasteiger partial charge is 0.302 e. The van der Waals surface area contributed by atoms with Crippen LogP contribution in [0.5, 0.6) is 23.0 Å². The number of fused-ring (bicyclic) bond motifs is 6. The number of nitriles is 2. The van der Waals surface area contributed by atoms with Crippen LogP contribution < -0.4 is 50.8 Å². The van der Waals surface area contributed by atoms with E-state index < -0.39 is 18.1 Å². The number of aromatic nitrogens is 8. The fourth-order valence-corrected chi connectivity index (χ4v) is 15.4. The molecule has 528 valence electrons. The van der Waals surface area contributed by atoms with Crippen LogP contribution in [-0.2, 0) is 22.7 Å². The normalized spacial score (nSPS) is 15.5. The topological polar surface area (TPSA) is 321 Å². The van der Waals surface area contributed by atoms with Crippen molar-refractivity contribution in [3.63, 3.8) is 0 Å². The number of likely N-dealkylation sites (N-methyl/N-ethyl adjacent to an activating group) is 2. The molecule has 12 aromatic rings. The number of nitrogens with two attached hydrogens (primary N) is 2. The third kappa shape index (κ3) is 14.1. The molecule has 0 bridgehead atoms. The summed E-state index contributed by atoms with van der Waals surface area (Å²) in [5.41, 5.74) is 20.0. The van der Waals surface area contributed by atoms with Crippen LogP contribution in [0.4, 0.5) is 23.0 Å². The van der Waals surface area contributed by atoms with E-state index in [4.69, 9.17) is 59.2 Å². The maximum absolute atomic E-state index is 13.8. The Hall–Kier alpha value is -12.1. The summed E-state index contributed by atoms with van der Waals surface area (Å²) in [5, 5.41) is 31.6. The van der Waals surface area contributed by atoms with E-state index >= 15 is 0 Å². The van der Waals surface area contributed by atoms with E-state index in [1.54, 1.807) is 24.5 Å². The first-order valence-corrected chi connectivity index (χ1v) is 36.0.